The van der Waals surface area contributed by atoms with Crippen LogP contribution in [0.2, 0.25) is 5.02 Å². The van der Waals surface area contributed by atoms with E-state index in [0.29, 0.717) is 37.2 Å². The van der Waals surface area contributed by atoms with Gasteiger partial charge in [-0.05, 0) is 35.7 Å². The highest BCUT2D eigenvalue weighted by Gasteiger charge is 2.32. The Morgan fingerprint density at radius 2 is 1.85 bits per heavy atom. The quantitative estimate of drug-likeness (QED) is 0.652. The number of benzene rings is 1. The van der Waals surface area contributed by atoms with Crippen LogP contribution in [-0.4, -0.2) is 39.7 Å². The molecule has 3 aromatic rings. The SMILES string of the molecule is O=S(=O)(c1ccc(Cl)cc1)c1nc(-c2cccs2)oc1N1CCOCC1. The summed E-state index contributed by atoms with van der Waals surface area (Å²) >= 11 is 7.32. The molecule has 0 N–H and O–H groups in total. The fourth-order valence-corrected chi connectivity index (χ4v) is 4.77. The third kappa shape index (κ3) is 3.25. The molecule has 1 aliphatic rings. The van der Waals surface area contributed by atoms with Gasteiger partial charge in [0.15, 0.2) is 0 Å². The monoisotopic (exact) mass is 410 g/mol. The Morgan fingerprint density at radius 3 is 2.50 bits per heavy atom. The van der Waals surface area contributed by atoms with Crippen LogP contribution in [0.4, 0.5) is 5.88 Å². The highest BCUT2D eigenvalue weighted by Crippen LogP contribution is 2.36. The van der Waals surface area contributed by atoms with Crippen molar-refractivity contribution in [3.8, 4) is 10.8 Å². The van der Waals surface area contributed by atoms with E-state index in [9.17, 15) is 8.42 Å². The Hall–Kier alpha value is -1.87. The van der Waals surface area contributed by atoms with Crippen LogP contribution >= 0.6 is 22.9 Å². The second-order valence-electron chi connectivity index (χ2n) is 5.66. The van der Waals surface area contributed by atoms with E-state index >= 15 is 0 Å². The zero-order valence-corrected chi connectivity index (χ0v) is 16.0. The lowest BCUT2D eigenvalue weighted by Crippen LogP contribution is -2.36. The van der Waals surface area contributed by atoms with Crippen LogP contribution < -0.4 is 4.90 Å². The molecule has 3 heterocycles. The van der Waals surface area contributed by atoms with Gasteiger partial charge in [0.25, 0.3) is 0 Å². The number of nitrogens with zero attached hydrogens (tertiary/aromatic N) is 2. The number of morpholine rings is 1. The lowest BCUT2D eigenvalue weighted by Gasteiger charge is -2.26. The zero-order chi connectivity index (χ0) is 18.1. The Bertz CT molecular complexity index is 992. The molecular formula is C17H15ClN2O4S2. The maximum atomic E-state index is 13.2. The standard InChI is InChI=1S/C17H15ClN2O4S2/c18-12-3-5-13(6-4-12)26(21,22)16-17(20-7-9-23-10-8-20)24-15(19-16)14-2-1-11-25-14/h1-6,11H,7-10H2. The van der Waals surface area contributed by atoms with Crippen molar-refractivity contribution in [1.29, 1.82) is 0 Å². The summed E-state index contributed by atoms with van der Waals surface area (Å²) in [5.41, 5.74) is 0. The van der Waals surface area contributed by atoms with E-state index in [1.165, 1.54) is 23.5 Å². The van der Waals surface area contributed by atoms with Crippen molar-refractivity contribution in [2.45, 2.75) is 9.92 Å². The van der Waals surface area contributed by atoms with Crippen molar-refractivity contribution in [2.75, 3.05) is 31.2 Å². The Kier molecular flexibility index (Phi) is 4.74. The number of anilines is 1. The number of aromatic nitrogens is 1. The molecule has 9 heteroatoms. The average molecular weight is 411 g/mol. The molecule has 26 heavy (non-hydrogen) atoms. The molecule has 1 saturated heterocycles. The summed E-state index contributed by atoms with van der Waals surface area (Å²) in [5.74, 6) is 0.556. The summed E-state index contributed by atoms with van der Waals surface area (Å²) in [6, 6.07) is 9.75. The van der Waals surface area contributed by atoms with Crippen LogP contribution in [0, 0.1) is 0 Å². The molecule has 2 aromatic heterocycles. The molecule has 0 bridgehead atoms. The van der Waals surface area contributed by atoms with Crippen molar-refractivity contribution in [3.63, 3.8) is 0 Å². The molecule has 0 atom stereocenters. The Morgan fingerprint density at radius 1 is 1.12 bits per heavy atom. The first kappa shape index (κ1) is 17.5. The third-order valence-electron chi connectivity index (χ3n) is 3.99. The van der Waals surface area contributed by atoms with E-state index in [0.717, 1.165) is 4.88 Å². The molecule has 6 nitrogen and oxygen atoms in total. The molecule has 0 saturated carbocycles. The van der Waals surface area contributed by atoms with Gasteiger partial charge in [0.05, 0.1) is 23.0 Å². The highest BCUT2D eigenvalue weighted by molar-refractivity contribution is 7.91. The van der Waals surface area contributed by atoms with Crippen LogP contribution in [0.25, 0.3) is 10.8 Å². The Labute approximate surface area is 159 Å². The van der Waals surface area contributed by atoms with Gasteiger partial charge in [-0.1, -0.05) is 17.7 Å². The smallest absolute Gasteiger partial charge is 0.240 e. The Balaban J connectivity index is 1.84. The van der Waals surface area contributed by atoms with Gasteiger partial charge in [0, 0.05) is 18.1 Å². The number of thiophene rings is 1. The fourth-order valence-electron chi connectivity index (χ4n) is 2.67. The summed E-state index contributed by atoms with van der Waals surface area (Å²) in [4.78, 5) is 7.10. The molecule has 136 valence electrons. The lowest BCUT2D eigenvalue weighted by molar-refractivity contribution is 0.120. The summed E-state index contributed by atoms with van der Waals surface area (Å²) in [7, 11) is -3.85. The summed E-state index contributed by atoms with van der Waals surface area (Å²) < 4.78 is 37.6. The number of oxazole rings is 1. The molecule has 0 aliphatic carbocycles. The minimum atomic E-state index is -3.85. The first-order valence-corrected chi connectivity index (χ1v) is 10.7. The van der Waals surface area contributed by atoms with E-state index in [1.807, 2.05) is 22.4 Å². The molecule has 0 spiro atoms. The number of hydrogen-bond donors (Lipinski definition) is 0. The zero-order valence-electron chi connectivity index (χ0n) is 13.6. The largest absolute Gasteiger partial charge is 0.418 e. The van der Waals surface area contributed by atoms with Gasteiger partial charge < -0.3 is 14.1 Å². The highest BCUT2D eigenvalue weighted by atomic mass is 35.5. The van der Waals surface area contributed by atoms with Crippen molar-refractivity contribution >= 4 is 38.7 Å². The molecule has 1 fully saturated rings. The minimum absolute atomic E-state index is 0.0786. The maximum Gasteiger partial charge on any atom is 0.240 e. The predicted molar refractivity (Wildman–Crippen MR) is 99.8 cm³/mol. The van der Waals surface area contributed by atoms with Crippen LogP contribution in [0.3, 0.4) is 0 Å². The van der Waals surface area contributed by atoms with E-state index in [1.54, 1.807) is 12.1 Å². The second-order valence-corrected chi connectivity index (χ2v) is 8.91. The van der Waals surface area contributed by atoms with Gasteiger partial charge in [-0.15, -0.1) is 11.3 Å². The van der Waals surface area contributed by atoms with Crippen molar-refractivity contribution in [3.05, 3.63) is 46.8 Å². The van der Waals surface area contributed by atoms with Crippen LogP contribution in [-0.2, 0) is 14.6 Å². The molecule has 0 unspecified atom stereocenters. The van der Waals surface area contributed by atoms with E-state index in [4.69, 9.17) is 20.8 Å². The summed E-state index contributed by atoms with van der Waals surface area (Å²) in [6.07, 6.45) is 0. The molecule has 0 amide bonds. The second kappa shape index (κ2) is 7.03. The lowest BCUT2D eigenvalue weighted by atomic mass is 10.4. The molecule has 0 radical (unpaired) electrons. The topological polar surface area (TPSA) is 72.6 Å². The van der Waals surface area contributed by atoms with Gasteiger partial charge in [-0.25, -0.2) is 8.42 Å². The van der Waals surface area contributed by atoms with Gasteiger partial charge in [0.1, 0.15) is 0 Å². The van der Waals surface area contributed by atoms with Crippen LogP contribution in [0.15, 0.2) is 56.1 Å². The van der Waals surface area contributed by atoms with Gasteiger partial charge in [0.2, 0.25) is 26.6 Å². The molecular weight excluding hydrogens is 396 g/mol. The van der Waals surface area contributed by atoms with E-state index in [-0.39, 0.29) is 15.8 Å². The fraction of sp³-hybridized carbons (Fsp3) is 0.235. The summed E-state index contributed by atoms with van der Waals surface area (Å²) in [5, 5.41) is 2.28. The van der Waals surface area contributed by atoms with E-state index < -0.39 is 9.84 Å². The van der Waals surface area contributed by atoms with Crippen molar-refractivity contribution < 1.29 is 17.6 Å². The van der Waals surface area contributed by atoms with Crippen LogP contribution in [0.5, 0.6) is 0 Å². The molecule has 4 rings (SSSR count). The number of rotatable bonds is 4. The van der Waals surface area contributed by atoms with E-state index in [2.05, 4.69) is 4.98 Å². The van der Waals surface area contributed by atoms with Crippen molar-refractivity contribution in [1.82, 2.24) is 4.98 Å². The third-order valence-corrected chi connectivity index (χ3v) is 6.77. The minimum Gasteiger partial charge on any atom is -0.418 e. The first-order chi connectivity index (χ1) is 12.6. The molecule has 1 aliphatic heterocycles. The number of ether oxygens (including phenoxy) is 1. The predicted octanol–water partition coefficient (Wildman–Crippen LogP) is 3.73. The summed E-state index contributed by atoms with van der Waals surface area (Å²) in [6.45, 7) is 2.11. The molecule has 1 aromatic carbocycles. The number of hydrogen-bond acceptors (Lipinski definition) is 7. The van der Waals surface area contributed by atoms with Gasteiger partial charge in [-0.2, -0.15) is 4.98 Å². The van der Waals surface area contributed by atoms with Crippen LogP contribution in [0.1, 0.15) is 0 Å². The van der Waals surface area contributed by atoms with Gasteiger partial charge >= 0.3 is 0 Å². The number of sulfone groups is 1. The van der Waals surface area contributed by atoms with Gasteiger partial charge in [-0.3, -0.25) is 0 Å². The normalized spacial score (nSPS) is 15.3. The first-order valence-electron chi connectivity index (χ1n) is 7.94. The van der Waals surface area contributed by atoms with Crippen molar-refractivity contribution in [2.24, 2.45) is 0 Å². The maximum absolute atomic E-state index is 13.2. The average Bonchev–Trinajstić information content (AvgIpc) is 3.33. The number of halogens is 1.